The highest BCUT2D eigenvalue weighted by molar-refractivity contribution is 6.24. The third-order valence-corrected chi connectivity index (χ3v) is 14.2. The van der Waals surface area contributed by atoms with Gasteiger partial charge in [0.2, 0.25) is 0 Å². The summed E-state index contributed by atoms with van der Waals surface area (Å²) in [6.45, 7) is 0. The van der Waals surface area contributed by atoms with E-state index in [4.69, 9.17) is 4.42 Å². The predicted octanol–water partition coefficient (Wildman–Crippen LogP) is 18.2. The molecule has 0 saturated carbocycles. The molecule has 0 fully saturated rings. The van der Waals surface area contributed by atoms with E-state index in [-0.39, 0.29) is 0 Å². The summed E-state index contributed by atoms with van der Waals surface area (Å²) >= 11 is 0. The monoisotopic (exact) mass is 839 g/mol. The molecule has 0 atom stereocenters. The molecule has 2 heterocycles. The van der Waals surface area contributed by atoms with Crippen LogP contribution >= 0.6 is 0 Å². The molecule has 0 N–H and O–H groups in total. The maximum Gasteiger partial charge on any atom is 0.136 e. The van der Waals surface area contributed by atoms with E-state index in [2.05, 4.69) is 229 Å². The van der Waals surface area contributed by atoms with Gasteiger partial charge in [0.15, 0.2) is 0 Å². The number of fused-ring (bicyclic) bond motifs is 10. The fourth-order valence-corrected chi connectivity index (χ4v) is 11.4. The number of nitrogens with zero attached hydrogens (tertiary/aromatic N) is 1. The summed E-state index contributed by atoms with van der Waals surface area (Å²) in [5, 5.41) is 14.7. The molecule has 66 heavy (non-hydrogen) atoms. The van der Waals surface area contributed by atoms with Crippen molar-refractivity contribution < 1.29 is 4.42 Å². The second-order valence-electron chi connectivity index (χ2n) is 17.8. The number of hydrogen-bond acceptors (Lipinski definition) is 1. The van der Waals surface area contributed by atoms with Crippen LogP contribution < -0.4 is 0 Å². The zero-order valence-corrected chi connectivity index (χ0v) is 36.1. The minimum atomic E-state index is 0.887. The van der Waals surface area contributed by atoms with E-state index in [0.717, 1.165) is 40.3 Å². The van der Waals surface area contributed by atoms with Crippen LogP contribution in [0.5, 0.6) is 0 Å². The number of furan rings is 1. The molecule has 2 aromatic heterocycles. The van der Waals surface area contributed by atoms with Crippen LogP contribution in [0.4, 0.5) is 0 Å². The Hall–Kier alpha value is -8.46. The molecule has 0 bridgehead atoms. The van der Waals surface area contributed by atoms with Gasteiger partial charge in [-0.15, -0.1) is 0 Å². The van der Waals surface area contributed by atoms with E-state index in [9.17, 15) is 0 Å². The maximum absolute atomic E-state index is 6.78. The molecule has 11 aromatic carbocycles. The summed E-state index contributed by atoms with van der Waals surface area (Å²) in [5.74, 6) is 0. The standard InChI is InChI=1S/C64H41NO/c1-3-17-40(18-4-1)61-48-22-7-9-24-50(48)64(51-25-10-8-23-49(51)61)43-32-35-47-56-37-41(33-36-59(56)66-60(47)39-43)62-52-26-11-13-28-54(52)63(55-29-14-12-27-53(55)62)42-31-34-46-45-21-15-16-30-57(45)65(58(46)38-42)44-19-5-2-6-20-44/h1-5,7-19,21-39H,6,20H2. The summed E-state index contributed by atoms with van der Waals surface area (Å²) < 4.78 is 9.27. The lowest BCUT2D eigenvalue weighted by atomic mass is 9.85. The Morgan fingerprint density at radius 2 is 0.773 bits per heavy atom. The lowest BCUT2D eigenvalue weighted by Crippen LogP contribution is -1.99. The third kappa shape index (κ3) is 5.49. The minimum Gasteiger partial charge on any atom is -0.456 e. The molecule has 0 unspecified atom stereocenters. The largest absolute Gasteiger partial charge is 0.456 e. The van der Waals surface area contributed by atoms with Crippen LogP contribution in [0.25, 0.3) is 137 Å². The topological polar surface area (TPSA) is 18.1 Å². The van der Waals surface area contributed by atoms with E-state index in [0.29, 0.717) is 0 Å². The van der Waals surface area contributed by atoms with Crippen LogP contribution in [0.2, 0.25) is 0 Å². The zero-order chi connectivity index (χ0) is 43.3. The van der Waals surface area contributed by atoms with Crippen LogP contribution in [0.15, 0.2) is 229 Å². The Bertz CT molecular complexity index is 4100. The highest BCUT2D eigenvalue weighted by Crippen LogP contribution is 2.48. The SMILES string of the molecule is C1=CCCC(n2c3ccccc3c3ccc(-c4c5ccccc5c(-c5ccc6oc7cc(-c8c9ccccc9c(-c9ccccc9)c9ccccc89)ccc7c6c5)c5ccccc45)cc32)=C1. The second kappa shape index (κ2) is 14.5. The van der Waals surface area contributed by atoms with E-state index < -0.39 is 0 Å². The molecular formula is C64H41NO. The lowest BCUT2D eigenvalue weighted by molar-refractivity contribution is 0.669. The average Bonchev–Trinajstić information content (AvgIpc) is 3.92. The molecule has 0 aliphatic heterocycles. The third-order valence-electron chi connectivity index (χ3n) is 14.2. The fraction of sp³-hybridized carbons (Fsp3) is 0.0312. The van der Waals surface area contributed by atoms with Crippen LogP contribution in [-0.2, 0) is 0 Å². The van der Waals surface area contributed by atoms with Gasteiger partial charge in [-0.2, -0.15) is 0 Å². The molecule has 13 aromatic rings. The predicted molar refractivity (Wildman–Crippen MR) is 281 cm³/mol. The molecule has 0 amide bonds. The van der Waals surface area contributed by atoms with E-state index in [1.165, 1.54) is 110 Å². The van der Waals surface area contributed by atoms with Gasteiger partial charge in [-0.25, -0.2) is 0 Å². The number of para-hydroxylation sites is 1. The molecule has 308 valence electrons. The van der Waals surface area contributed by atoms with Gasteiger partial charge < -0.3 is 8.98 Å². The first-order valence-electron chi connectivity index (χ1n) is 23.1. The molecule has 0 radical (unpaired) electrons. The van der Waals surface area contributed by atoms with Gasteiger partial charge in [0.1, 0.15) is 11.2 Å². The van der Waals surface area contributed by atoms with Crippen LogP contribution in [0.3, 0.4) is 0 Å². The Labute approximate surface area is 381 Å². The van der Waals surface area contributed by atoms with Gasteiger partial charge in [0, 0.05) is 27.2 Å². The number of hydrogen-bond donors (Lipinski definition) is 0. The van der Waals surface area contributed by atoms with Crippen molar-refractivity contribution in [3.8, 4) is 44.5 Å². The molecule has 2 nitrogen and oxygen atoms in total. The first-order chi connectivity index (χ1) is 32.8. The van der Waals surface area contributed by atoms with Crippen molar-refractivity contribution in [2.75, 3.05) is 0 Å². The molecular weight excluding hydrogens is 799 g/mol. The summed E-state index contributed by atoms with van der Waals surface area (Å²) in [6, 6.07) is 76.0. The molecule has 1 aliphatic carbocycles. The van der Waals surface area contributed by atoms with E-state index in [1.54, 1.807) is 0 Å². The maximum atomic E-state index is 6.78. The van der Waals surface area contributed by atoms with Crippen molar-refractivity contribution >= 4 is 92.5 Å². The van der Waals surface area contributed by atoms with Crippen LogP contribution in [0, 0.1) is 0 Å². The second-order valence-corrected chi connectivity index (χ2v) is 17.8. The molecule has 2 heteroatoms. The highest BCUT2D eigenvalue weighted by Gasteiger charge is 2.22. The smallest absolute Gasteiger partial charge is 0.136 e. The Morgan fingerprint density at radius 1 is 0.318 bits per heavy atom. The van der Waals surface area contributed by atoms with Gasteiger partial charge >= 0.3 is 0 Å². The molecule has 14 rings (SSSR count). The minimum absolute atomic E-state index is 0.887. The van der Waals surface area contributed by atoms with Crippen LogP contribution in [-0.4, -0.2) is 4.57 Å². The van der Waals surface area contributed by atoms with Gasteiger partial charge in [0.05, 0.1) is 11.0 Å². The normalized spacial score (nSPS) is 13.1. The van der Waals surface area contributed by atoms with Crippen molar-refractivity contribution in [1.29, 1.82) is 0 Å². The summed E-state index contributed by atoms with van der Waals surface area (Å²) in [4.78, 5) is 0. The van der Waals surface area contributed by atoms with Crippen molar-refractivity contribution in [3.63, 3.8) is 0 Å². The Kier molecular flexibility index (Phi) is 8.14. The summed E-state index contributed by atoms with van der Waals surface area (Å²) in [7, 11) is 0. The van der Waals surface area contributed by atoms with Crippen molar-refractivity contribution in [2.45, 2.75) is 12.8 Å². The quantitative estimate of drug-likeness (QED) is 0.158. The first kappa shape index (κ1) is 37.0. The Balaban J connectivity index is 0.948. The molecule has 1 aliphatic rings. The molecule has 0 saturated heterocycles. The number of aromatic nitrogens is 1. The number of allylic oxidation sites excluding steroid dienone is 4. The number of rotatable bonds is 5. The number of benzene rings is 11. The van der Waals surface area contributed by atoms with Gasteiger partial charge in [0.25, 0.3) is 0 Å². The van der Waals surface area contributed by atoms with Gasteiger partial charge in [-0.05, 0) is 143 Å². The summed E-state index contributed by atoms with van der Waals surface area (Å²) in [6.07, 6.45) is 8.83. The van der Waals surface area contributed by atoms with Crippen molar-refractivity contribution in [3.05, 3.63) is 224 Å². The average molecular weight is 840 g/mol. The Morgan fingerprint density at radius 3 is 1.33 bits per heavy atom. The van der Waals surface area contributed by atoms with Gasteiger partial charge in [-0.3, -0.25) is 0 Å². The molecule has 0 spiro atoms. The van der Waals surface area contributed by atoms with Crippen molar-refractivity contribution in [2.24, 2.45) is 0 Å². The van der Waals surface area contributed by atoms with Crippen molar-refractivity contribution in [1.82, 2.24) is 4.57 Å². The fourth-order valence-electron chi connectivity index (χ4n) is 11.4. The van der Waals surface area contributed by atoms with Crippen LogP contribution in [0.1, 0.15) is 12.8 Å². The van der Waals surface area contributed by atoms with E-state index >= 15 is 0 Å². The highest BCUT2D eigenvalue weighted by atomic mass is 16.3. The first-order valence-corrected chi connectivity index (χ1v) is 23.1. The zero-order valence-electron chi connectivity index (χ0n) is 36.1. The van der Waals surface area contributed by atoms with Gasteiger partial charge in [-0.1, -0.05) is 182 Å². The summed E-state index contributed by atoms with van der Waals surface area (Å²) in [5.41, 5.74) is 15.4. The lowest BCUT2D eigenvalue weighted by Gasteiger charge is -2.18. The van der Waals surface area contributed by atoms with E-state index in [1.807, 2.05) is 0 Å².